The third-order valence-corrected chi connectivity index (χ3v) is 9.54. The number of aryl methyl sites for hydroxylation is 2. The van der Waals surface area contributed by atoms with Gasteiger partial charge in [0.1, 0.15) is 18.5 Å². The van der Waals surface area contributed by atoms with Crippen LogP contribution in [-0.2, 0) is 32.7 Å². The fourth-order valence-electron chi connectivity index (χ4n) is 7.97. The first kappa shape index (κ1) is 33.5. The zero-order valence-electron chi connectivity index (χ0n) is 31.8. The molecule has 0 amide bonds. The third kappa shape index (κ3) is 6.55. The van der Waals surface area contributed by atoms with Gasteiger partial charge in [0.15, 0.2) is 6.20 Å². The van der Waals surface area contributed by atoms with E-state index in [0.717, 1.165) is 37.2 Å². The smallest absolute Gasteiger partial charge is 0.228 e. The van der Waals surface area contributed by atoms with Gasteiger partial charge in [-0.05, 0) is 92.7 Å². The van der Waals surface area contributed by atoms with Gasteiger partial charge in [0.25, 0.3) is 0 Å². The van der Waals surface area contributed by atoms with E-state index < -0.39 is 0 Å². The molecule has 4 aromatic carbocycles. The van der Waals surface area contributed by atoms with E-state index in [1.54, 1.807) is 0 Å². The first-order valence-electron chi connectivity index (χ1n) is 17.8. The normalized spacial score (nSPS) is 13.8. The lowest BCUT2D eigenvalue weighted by Crippen LogP contribution is -2.32. The van der Waals surface area contributed by atoms with Crippen LogP contribution in [-0.4, -0.2) is 0 Å². The Bertz CT molecular complexity index is 2050. The van der Waals surface area contributed by atoms with Crippen molar-refractivity contribution in [3.8, 4) is 22.8 Å². The van der Waals surface area contributed by atoms with Crippen molar-refractivity contribution in [2.45, 2.75) is 116 Å². The number of rotatable bonds is 4. The maximum absolute atomic E-state index is 7.41. The molecule has 0 spiro atoms. The molecular formula is C45H58NO+. The molecule has 1 aromatic heterocycles. The van der Waals surface area contributed by atoms with Gasteiger partial charge in [0.05, 0.1) is 10.9 Å². The van der Waals surface area contributed by atoms with Crippen molar-refractivity contribution in [2.24, 2.45) is 28.7 Å². The summed E-state index contributed by atoms with van der Waals surface area (Å²) >= 11 is 0. The van der Waals surface area contributed by atoms with Crippen LogP contribution in [0.15, 0.2) is 48.7 Å². The molecule has 0 saturated heterocycles. The van der Waals surface area contributed by atoms with Crippen LogP contribution >= 0.6 is 0 Å². The summed E-state index contributed by atoms with van der Waals surface area (Å²) in [5, 5.41) is 7.84. The number of nitrogens with zero attached hydrogens (tertiary/aromatic N) is 1. The van der Waals surface area contributed by atoms with Crippen molar-refractivity contribution in [3.63, 3.8) is 0 Å². The van der Waals surface area contributed by atoms with E-state index in [-0.39, 0.29) is 21.7 Å². The number of fused-ring (bicyclic) bond motifs is 5. The van der Waals surface area contributed by atoms with E-state index in [1.165, 1.54) is 71.4 Å². The van der Waals surface area contributed by atoms with Crippen molar-refractivity contribution in [1.82, 2.24) is 0 Å². The minimum atomic E-state index is 0.0956. The Kier molecular flexibility index (Phi) is 7.90. The highest BCUT2D eigenvalue weighted by molar-refractivity contribution is 6.15. The molecule has 2 heterocycles. The van der Waals surface area contributed by atoms with Gasteiger partial charge in [-0.15, -0.1) is 0 Å². The van der Waals surface area contributed by atoms with Crippen LogP contribution in [0, 0.1) is 28.6 Å². The standard InChI is InChI=1S/C45H58NO/c1-27-33-21-28(23-42(2,3)4)15-17-30(33)36(26-45(11,12)13)41-37(27)39-38-31(19-20-46(39)14)35(25-44(8,9)10)34-22-29(24-43(5,6)7)16-18-32(34)40(38)47-41/h15-22H,23-26H2,1-14H3/q+1. The number of aromatic nitrogens is 1. The van der Waals surface area contributed by atoms with Gasteiger partial charge < -0.3 is 4.74 Å². The first-order valence-corrected chi connectivity index (χ1v) is 17.8. The van der Waals surface area contributed by atoms with Crippen LogP contribution in [0.25, 0.3) is 43.6 Å². The van der Waals surface area contributed by atoms with Gasteiger partial charge in [-0.2, -0.15) is 0 Å². The fourth-order valence-corrected chi connectivity index (χ4v) is 7.97. The van der Waals surface area contributed by atoms with E-state index in [1.807, 2.05) is 0 Å². The number of hydrogen-bond donors (Lipinski definition) is 0. The number of ether oxygens (including phenoxy) is 1. The number of hydrogen-bond acceptors (Lipinski definition) is 1. The predicted molar refractivity (Wildman–Crippen MR) is 203 cm³/mol. The summed E-state index contributed by atoms with van der Waals surface area (Å²) in [5.41, 5.74) is 10.1. The second kappa shape index (κ2) is 11.1. The van der Waals surface area contributed by atoms with Gasteiger partial charge in [0, 0.05) is 22.4 Å². The summed E-state index contributed by atoms with van der Waals surface area (Å²) in [7, 11) is 2.22. The molecule has 0 unspecified atom stereocenters. The van der Waals surface area contributed by atoms with Gasteiger partial charge in [-0.25, -0.2) is 4.57 Å². The van der Waals surface area contributed by atoms with E-state index in [0.29, 0.717) is 0 Å². The molecule has 248 valence electrons. The second-order valence-electron chi connectivity index (χ2n) is 19.5. The van der Waals surface area contributed by atoms with Crippen LogP contribution < -0.4 is 9.30 Å². The average Bonchev–Trinajstić information content (AvgIpc) is 2.90. The molecule has 5 aromatic rings. The van der Waals surface area contributed by atoms with Crippen LogP contribution in [0.4, 0.5) is 0 Å². The van der Waals surface area contributed by atoms with Crippen molar-refractivity contribution in [2.75, 3.05) is 0 Å². The molecule has 0 atom stereocenters. The van der Waals surface area contributed by atoms with E-state index in [9.17, 15) is 0 Å². The molecular weight excluding hydrogens is 571 g/mol. The van der Waals surface area contributed by atoms with Crippen molar-refractivity contribution in [3.05, 3.63) is 76.5 Å². The summed E-state index contributed by atoms with van der Waals surface area (Å²) in [4.78, 5) is 0. The highest BCUT2D eigenvalue weighted by Gasteiger charge is 2.36. The lowest BCUT2D eigenvalue weighted by Gasteiger charge is -2.30. The van der Waals surface area contributed by atoms with Gasteiger partial charge in [-0.3, -0.25) is 0 Å². The third-order valence-electron chi connectivity index (χ3n) is 9.54. The Balaban J connectivity index is 1.76. The zero-order valence-corrected chi connectivity index (χ0v) is 31.8. The van der Waals surface area contributed by atoms with Gasteiger partial charge in [-0.1, -0.05) is 119 Å². The van der Waals surface area contributed by atoms with Gasteiger partial charge >= 0.3 is 0 Å². The van der Waals surface area contributed by atoms with E-state index in [4.69, 9.17) is 4.74 Å². The maximum atomic E-state index is 7.41. The summed E-state index contributed by atoms with van der Waals surface area (Å²) < 4.78 is 9.76. The zero-order chi connectivity index (χ0) is 34.4. The van der Waals surface area contributed by atoms with E-state index >= 15 is 0 Å². The molecule has 2 heteroatoms. The summed E-state index contributed by atoms with van der Waals surface area (Å²) in [6.07, 6.45) is 6.33. The molecule has 2 nitrogen and oxygen atoms in total. The lowest BCUT2D eigenvalue weighted by atomic mass is 9.79. The monoisotopic (exact) mass is 628 g/mol. The minimum Gasteiger partial charge on any atom is -0.455 e. The SMILES string of the molecule is Cc1c2c(c(CC(C)(C)C)c3ccc(CC(C)(C)C)cc13)Oc1c3ccc(CC(C)(C)C)cc3c(CC(C)(C)C)c3cc[n+](C)c-2c13. The van der Waals surface area contributed by atoms with Gasteiger partial charge in [0.2, 0.25) is 5.69 Å². The fraction of sp³-hybridized carbons (Fsp3) is 0.489. The maximum Gasteiger partial charge on any atom is 0.228 e. The average molecular weight is 629 g/mol. The molecule has 6 rings (SSSR count). The highest BCUT2D eigenvalue weighted by Crippen LogP contribution is 2.55. The van der Waals surface area contributed by atoms with Crippen LogP contribution in [0.2, 0.25) is 0 Å². The van der Waals surface area contributed by atoms with Crippen molar-refractivity contribution >= 4 is 32.3 Å². The quantitative estimate of drug-likeness (QED) is 0.140. The molecule has 0 aliphatic carbocycles. The topological polar surface area (TPSA) is 13.1 Å². The Morgan fingerprint density at radius 1 is 0.532 bits per heavy atom. The Labute approximate surface area is 284 Å². The molecule has 0 bridgehead atoms. The molecule has 0 saturated carbocycles. The molecule has 1 aliphatic heterocycles. The largest absolute Gasteiger partial charge is 0.455 e. The molecule has 0 N–H and O–H groups in total. The van der Waals surface area contributed by atoms with Crippen LogP contribution in [0.1, 0.15) is 111 Å². The molecule has 1 aliphatic rings. The number of pyridine rings is 1. The summed E-state index contributed by atoms with van der Waals surface area (Å²) in [5.74, 6) is 2.07. The van der Waals surface area contributed by atoms with Crippen LogP contribution in [0.5, 0.6) is 11.5 Å². The van der Waals surface area contributed by atoms with E-state index in [2.05, 4.69) is 150 Å². The van der Waals surface area contributed by atoms with Crippen LogP contribution in [0.3, 0.4) is 0 Å². The Morgan fingerprint density at radius 3 is 1.60 bits per heavy atom. The summed E-state index contributed by atoms with van der Waals surface area (Å²) in [6, 6.07) is 16.7. The van der Waals surface area contributed by atoms with Crippen molar-refractivity contribution in [1.29, 1.82) is 0 Å². The van der Waals surface area contributed by atoms with Crippen molar-refractivity contribution < 1.29 is 9.30 Å². The predicted octanol–water partition coefficient (Wildman–Crippen LogP) is 12.4. The molecule has 0 radical (unpaired) electrons. The molecule has 47 heavy (non-hydrogen) atoms. The number of benzene rings is 4. The Hall–Kier alpha value is -3.39. The molecule has 0 fully saturated rings. The second-order valence-corrected chi connectivity index (χ2v) is 19.5. The Morgan fingerprint density at radius 2 is 1.04 bits per heavy atom. The highest BCUT2D eigenvalue weighted by atomic mass is 16.5. The summed E-state index contributed by atoms with van der Waals surface area (Å²) in [6.45, 7) is 30.5. The minimum absolute atomic E-state index is 0.0956. The first-order chi connectivity index (χ1) is 21.6. The lowest BCUT2D eigenvalue weighted by molar-refractivity contribution is -0.659.